The molecule has 1 N–H and O–H groups in total. The number of halogens is 1. The summed E-state index contributed by atoms with van der Waals surface area (Å²) in [5.74, 6) is 0.578. The third-order valence-corrected chi connectivity index (χ3v) is 1.53. The lowest BCUT2D eigenvalue weighted by Gasteiger charge is -2.00. The smallest absolute Gasteiger partial charge is 0.224 e. The van der Waals surface area contributed by atoms with Crippen molar-refractivity contribution in [2.75, 3.05) is 12.4 Å². The van der Waals surface area contributed by atoms with E-state index in [1.807, 2.05) is 6.92 Å². The Morgan fingerprint density at radius 2 is 2.27 bits per heavy atom. The van der Waals surface area contributed by atoms with Gasteiger partial charge in [-0.3, -0.25) is 0 Å². The van der Waals surface area contributed by atoms with Gasteiger partial charge in [0, 0.05) is 12.7 Å². The molecule has 0 radical (unpaired) electrons. The first kappa shape index (κ1) is 8.27. The lowest BCUT2D eigenvalue weighted by atomic mass is 10.3. The molecule has 0 saturated carbocycles. The molecule has 60 valence electrons. The van der Waals surface area contributed by atoms with E-state index in [0.29, 0.717) is 11.1 Å². The van der Waals surface area contributed by atoms with Crippen LogP contribution in [0.25, 0.3) is 0 Å². The molecule has 0 unspecified atom stereocenters. The molecule has 0 atom stereocenters. The molecule has 1 heterocycles. The van der Waals surface area contributed by atoms with Crippen molar-refractivity contribution in [3.8, 4) is 0 Å². The first-order valence-corrected chi connectivity index (χ1v) is 3.85. The number of hydrogen-bond donors (Lipinski definition) is 1. The Kier molecular flexibility index (Phi) is 2.65. The predicted molar refractivity (Wildman–Crippen MR) is 46.0 cm³/mol. The van der Waals surface area contributed by atoms with Crippen molar-refractivity contribution in [1.82, 2.24) is 9.97 Å². The normalized spacial score (nSPS) is 9.73. The van der Waals surface area contributed by atoms with Crippen molar-refractivity contribution in [3.05, 3.63) is 16.9 Å². The molecule has 4 heteroatoms. The van der Waals surface area contributed by atoms with Crippen molar-refractivity contribution in [2.24, 2.45) is 0 Å². The maximum absolute atomic E-state index is 5.72. The summed E-state index contributed by atoms with van der Waals surface area (Å²) in [5, 5.41) is 3.32. The van der Waals surface area contributed by atoms with E-state index in [2.05, 4.69) is 15.3 Å². The fraction of sp³-hybridized carbons (Fsp3) is 0.429. The maximum Gasteiger partial charge on any atom is 0.224 e. The van der Waals surface area contributed by atoms with Gasteiger partial charge in [0.1, 0.15) is 5.15 Å². The molecule has 1 aromatic rings. The molecule has 0 aliphatic carbocycles. The summed E-state index contributed by atoms with van der Waals surface area (Å²) >= 11 is 5.72. The standard InChI is InChI=1S/C7H10ClN3/c1-3-5-4-6(8)11-7(9-2)10-5/h4H,3H2,1-2H3,(H,9,10,11). The molecule has 11 heavy (non-hydrogen) atoms. The van der Waals surface area contributed by atoms with Gasteiger partial charge >= 0.3 is 0 Å². The Bertz CT molecular complexity index is 227. The first-order chi connectivity index (χ1) is 5.26. The van der Waals surface area contributed by atoms with Gasteiger partial charge < -0.3 is 5.32 Å². The zero-order valence-corrected chi connectivity index (χ0v) is 7.31. The van der Waals surface area contributed by atoms with E-state index in [0.717, 1.165) is 12.1 Å². The van der Waals surface area contributed by atoms with E-state index in [1.54, 1.807) is 13.1 Å². The van der Waals surface area contributed by atoms with Gasteiger partial charge in [-0.2, -0.15) is 0 Å². The van der Waals surface area contributed by atoms with E-state index >= 15 is 0 Å². The summed E-state index contributed by atoms with van der Waals surface area (Å²) in [6.45, 7) is 2.03. The van der Waals surface area contributed by atoms with Gasteiger partial charge in [0.05, 0.1) is 0 Å². The Morgan fingerprint density at radius 3 is 2.82 bits per heavy atom. The number of aromatic nitrogens is 2. The van der Waals surface area contributed by atoms with Crippen molar-refractivity contribution in [3.63, 3.8) is 0 Å². The number of rotatable bonds is 2. The number of nitrogens with zero attached hydrogens (tertiary/aromatic N) is 2. The third-order valence-electron chi connectivity index (χ3n) is 1.33. The predicted octanol–water partition coefficient (Wildman–Crippen LogP) is 1.73. The second-order valence-electron chi connectivity index (χ2n) is 2.11. The third kappa shape index (κ3) is 2.05. The fourth-order valence-corrected chi connectivity index (χ4v) is 0.963. The van der Waals surface area contributed by atoms with Gasteiger partial charge in [0.2, 0.25) is 5.95 Å². The molecule has 0 spiro atoms. The van der Waals surface area contributed by atoms with Crippen LogP contribution < -0.4 is 5.32 Å². The topological polar surface area (TPSA) is 37.8 Å². The minimum absolute atomic E-state index is 0.487. The quantitative estimate of drug-likeness (QED) is 0.689. The van der Waals surface area contributed by atoms with Gasteiger partial charge in [-0.25, -0.2) is 9.97 Å². The van der Waals surface area contributed by atoms with E-state index in [4.69, 9.17) is 11.6 Å². The molecular formula is C7H10ClN3. The summed E-state index contributed by atoms with van der Waals surface area (Å²) in [6, 6.07) is 1.77. The molecule has 1 aromatic heterocycles. The van der Waals surface area contributed by atoms with Gasteiger partial charge in [0.15, 0.2) is 0 Å². The van der Waals surface area contributed by atoms with Crippen molar-refractivity contribution in [1.29, 1.82) is 0 Å². The molecule has 0 amide bonds. The number of hydrogen-bond acceptors (Lipinski definition) is 3. The Labute approximate surface area is 70.8 Å². The summed E-state index contributed by atoms with van der Waals surface area (Å²) in [6.07, 6.45) is 0.872. The number of aryl methyl sites for hydroxylation is 1. The second-order valence-corrected chi connectivity index (χ2v) is 2.50. The minimum Gasteiger partial charge on any atom is -0.357 e. The Morgan fingerprint density at radius 1 is 1.55 bits per heavy atom. The average Bonchev–Trinajstić information content (AvgIpc) is 2.03. The van der Waals surface area contributed by atoms with Crippen LogP contribution in [-0.2, 0) is 6.42 Å². The first-order valence-electron chi connectivity index (χ1n) is 3.47. The highest BCUT2D eigenvalue weighted by Gasteiger charge is 1.98. The molecule has 0 aromatic carbocycles. The molecular weight excluding hydrogens is 162 g/mol. The Hall–Kier alpha value is -0.830. The van der Waals surface area contributed by atoms with Crippen molar-refractivity contribution >= 4 is 17.5 Å². The van der Waals surface area contributed by atoms with E-state index < -0.39 is 0 Å². The molecule has 0 fully saturated rings. The van der Waals surface area contributed by atoms with Crippen LogP contribution in [0.5, 0.6) is 0 Å². The summed E-state index contributed by atoms with van der Waals surface area (Å²) in [7, 11) is 1.77. The monoisotopic (exact) mass is 171 g/mol. The maximum atomic E-state index is 5.72. The van der Waals surface area contributed by atoms with Crippen molar-refractivity contribution in [2.45, 2.75) is 13.3 Å². The van der Waals surface area contributed by atoms with E-state index in [-0.39, 0.29) is 0 Å². The van der Waals surface area contributed by atoms with Crippen LogP contribution in [0.15, 0.2) is 6.07 Å². The van der Waals surface area contributed by atoms with Crippen LogP contribution in [0, 0.1) is 0 Å². The minimum atomic E-state index is 0.487. The van der Waals surface area contributed by atoms with Gasteiger partial charge in [0.25, 0.3) is 0 Å². The summed E-state index contributed by atoms with van der Waals surface area (Å²) in [4.78, 5) is 8.11. The molecule has 1 rings (SSSR count). The number of anilines is 1. The van der Waals surface area contributed by atoms with Gasteiger partial charge in [-0.05, 0) is 12.5 Å². The molecule has 0 bridgehead atoms. The molecule has 0 aliphatic rings. The van der Waals surface area contributed by atoms with Crippen LogP contribution in [0.4, 0.5) is 5.95 Å². The zero-order valence-electron chi connectivity index (χ0n) is 6.56. The van der Waals surface area contributed by atoms with Crippen molar-refractivity contribution < 1.29 is 0 Å². The average molecular weight is 172 g/mol. The molecule has 0 aliphatic heterocycles. The SMILES string of the molecule is CCc1cc(Cl)nc(NC)n1. The van der Waals surface area contributed by atoms with Crippen LogP contribution in [-0.4, -0.2) is 17.0 Å². The van der Waals surface area contributed by atoms with Crippen LogP contribution in [0.2, 0.25) is 5.15 Å². The molecule has 0 saturated heterocycles. The summed E-state index contributed by atoms with van der Waals surface area (Å²) < 4.78 is 0. The Balaban J connectivity index is 3.02. The highest BCUT2D eigenvalue weighted by Crippen LogP contribution is 2.09. The lowest BCUT2D eigenvalue weighted by molar-refractivity contribution is 1.000. The lowest BCUT2D eigenvalue weighted by Crippen LogP contribution is -1.99. The molecule has 3 nitrogen and oxygen atoms in total. The second kappa shape index (κ2) is 3.53. The number of nitrogens with one attached hydrogen (secondary N) is 1. The van der Waals surface area contributed by atoms with Crippen LogP contribution in [0.3, 0.4) is 0 Å². The highest BCUT2D eigenvalue weighted by molar-refractivity contribution is 6.29. The van der Waals surface area contributed by atoms with Crippen LogP contribution in [0.1, 0.15) is 12.6 Å². The highest BCUT2D eigenvalue weighted by atomic mass is 35.5. The fourth-order valence-electron chi connectivity index (χ4n) is 0.757. The largest absolute Gasteiger partial charge is 0.357 e. The summed E-state index contributed by atoms with van der Waals surface area (Å²) in [5.41, 5.74) is 0.953. The van der Waals surface area contributed by atoms with Gasteiger partial charge in [-0.15, -0.1) is 0 Å². The van der Waals surface area contributed by atoms with E-state index in [1.165, 1.54) is 0 Å². The van der Waals surface area contributed by atoms with E-state index in [9.17, 15) is 0 Å². The van der Waals surface area contributed by atoms with Crippen LogP contribution >= 0.6 is 11.6 Å². The zero-order chi connectivity index (χ0) is 8.27. The van der Waals surface area contributed by atoms with Gasteiger partial charge in [-0.1, -0.05) is 18.5 Å².